The lowest BCUT2D eigenvalue weighted by Gasteiger charge is -2.09. The van der Waals surface area contributed by atoms with Crippen LogP contribution < -0.4 is 0 Å². The van der Waals surface area contributed by atoms with Crippen LogP contribution in [-0.2, 0) is 13.0 Å². The number of H-pyrrole nitrogens is 1. The van der Waals surface area contributed by atoms with E-state index in [0.717, 1.165) is 41.4 Å². The second-order valence-electron chi connectivity index (χ2n) is 6.12. The molecular weight excluding hydrogens is 312 g/mol. The van der Waals surface area contributed by atoms with Crippen molar-refractivity contribution in [2.75, 3.05) is 0 Å². The molecule has 0 atom stereocenters. The number of nitrogens with zero attached hydrogens (tertiary/aromatic N) is 5. The lowest BCUT2D eigenvalue weighted by molar-refractivity contribution is 0.699. The average molecular weight is 332 g/mol. The van der Waals surface area contributed by atoms with E-state index in [2.05, 4.69) is 55.9 Å². The molecular formula is C19H20N6. The molecule has 0 spiro atoms. The number of imidazole rings is 2. The van der Waals surface area contributed by atoms with Gasteiger partial charge in [0.05, 0.1) is 12.0 Å². The number of benzene rings is 1. The minimum absolute atomic E-state index is 0.875. The molecule has 3 aromatic heterocycles. The molecule has 6 nitrogen and oxygen atoms in total. The van der Waals surface area contributed by atoms with Crippen molar-refractivity contribution in [1.82, 2.24) is 29.3 Å². The first-order valence-electron chi connectivity index (χ1n) is 8.33. The molecule has 4 aromatic rings. The summed E-state index contributed by atoms with van der Waals surface area (Å²) in [5.41, 5.74) is 5.70. The van der Waals surface area contributed by atoms with Crippen molar-refractivity contribution in [2.45, 2.75) is 26.8 Å². The summed E-state index contributed by atoms with van der Waals surface area (Å²) in [7, 11) is 0. The van der Waals surface area contributed by atoms with E-state index in [1.807, 2.05) is 30.1 Å². The number of nitrogens with one attached hydrogen (secondary N) is 1. The Labute approximate surface area is 146 Å². The largest absolute Gasteiger partial charge is 0.331 e. The third kappa shape index (κ3) is 2.98. The zero-order valence-electron chi connectivity index (χ0n) is 14.3. The molecule has 1 N–H and O–H groups in total. The van der Waals surface area contributed by atoms with Gasteiger partial charge in [-0.2, -0.15) is 5.10 Å². The van der Waals surface area contributed by atoms with Gasteiger partial charge in [0.15, 0.2) is 0 Å². The lowest BCUT2D eigenvalue weighted by Crippen LogP contribution is -2.04. The van der Waals surface area contributed by atoms with Crippen LogP contribution in [-0.4, -0.2) is 29.3 Å². The van der Waals surface area contributed by atoms with Crippen LogP contribution in [0.2, 0.25) is 0 Å². The molecule has 0 aliphatic carbocycles. The molecule has 126 valence electrons. The summed E-state index contributed by atoms with van der Waals surface area (Å²) in [4.78, 5) is 8.63. The monoisotopic (exact) mass is 332 g/mol. The molecule has 25 heavy (non-hydrogen) atoms. The van der Waals surface area contributed by atoms with Gasteiger partial charge in [-0.25, -0.2) is 9.97 Å². The van der Waals surface area contributed by atoms with Crippen molar-refractivity contribution in [3.8, 4) is 17.1 Å². The maximum Gasteiger partial charge on any atom is 0.139 e. The van der Waals surface area contributed by atoms with Gasteiger partial charge in [0.2, 0.25) is 0 Å². The Kier molecular flexibility index (Phi) is 3.93. The quantitative estimate of drug-likeness (QED) is 0.610. The summed E-state index contributed by atoms with van der Waals surface area (Å²) in [6.45, 7) is 4.99. The van der Waals surface area contributed by atoms with Gasteiger partial charge in [0, 0.05) is 48.3 Å². The third-order valence-electron chi connectivity index (χ3n) is 4.53. The predicted octanol–water partition coefficient (Wildman–Crippen LogP) is 3.32. The second kappa shape index (κ2) is 6.39. The number of rotatable bonds is 5. The highest BCUT2D eigenvalue weighted by atomic mass is 15.1. The molecule has 0 saturated carbocycles. The summed E-state index contributed by atoms with van der Waals surface area (Å²) in [6.07, 6.45) is 10.3. The van der Waals surface area contributed by atoms with Gasteiger partial charge < -0.3 is 9.13 Å². The van der Waals surface area contributed by atoms with E-state index < -0.39 is 0 Å². The fourth-order valence-corrected chi connectivity index (χ4v) is 3.12. The van der Waals surface area contributed by atoms with Gasteiger partial charge in [-0.1, -0.05) is 0 Å². The van der Waals surface area contributed by atoms with Crippen molar-refractivity contribution in [3.63, 3.8) is 0 Å². The zero-order valence-corrected chi connectivity index (χ0v) is 14.3. The molecule has 3 heterocycles. The van der Waals surface area contributed by atoms with E-state index >= 15 is 0 Å². The van der Waals surface area contributed by atoms with Crippen molar-refractivity contribution in [1.29, 1.82) is 0 Å². The highest BCUT2D eigenvalue weighted by Gasteiger charge is 2.10. The Morgan fingerprint density at radius 2 is 1.88 bits per heavy atom. The first-order chi connectivity index (χ1) is 12.2. The van der Waals surface area contributed by atoms with E-state index in [-0.39, 0.29) is 0 Å². The first kappa shape index (κ1) is 15.4. The maximum absolute atomic E-state index is 4.54. The van der Waals surface area contributed by atoms with Crippen LogP contribution in [0.15, 0.2) is 55.4 Å². The number of aromatic nitrogens is 6. The van der Waals surface area contributed by atoms with Gasteiger partial charge in [0.25, 0.3) is 0 Å². The fourth-order valence-electron chi connectivity index (χ4n) is 3.12. The van der Waals surface area contributed by atoms with E-state index in [1.54, 1.807) is 12.5 Å². The summed E-state index contributed by atoms with van der Waals surface area (Å²) in [6, 6.07) is 8.37. The molecule has 0 radical (unpaired) electrons. The Balaban J connectivity index is 1.55. The van der Waals surface area contributed by atoms with Gasteiger partial charge in [-0.15, -0.1) is 0 Å². The molecule has 0 saturated heterocycles. The fraction of sp³-hybridized carbons (Fsp3) is 0.211. The highest BCUT2D eigenvalue weighted by Crippen LogP contribution is 2.21. The number of hydrogen-bond donors (Lipinski definition) is 1. The highest BCUT2D eigenvalue weighted by molar-refractivity contribution is 5.57. The van der Waals surface area contributed by atoms with Crippen molar-refractivity contribution < 1.29 is 0 Å². The molecule has 4 rings (SSSR count). The Morgan fingerprint density at radius 3 is 2.56 bits per heavy atom. The van der Waals surface area contributed by atoms with Crippen LogP contribution in [0.1, 0.15) is 17.0 Å². The van der Waals surface area contributed by atoms with E-state index in [9.17, 15) is 0 Å². The Hall–Kier alpha value is -3.15. The van der Waals surface area contributed by atoms with Crippen LogP contribution in [0.4, 0.5) is 0 Å². The summed E-state index contributed by atoms with van der Waals surface area (Å²) in [5, 5.41) is 7.32. The van der Waals surface area contributed by atoms with E-state index in [0.29, 0.717) is 0 Å². The average Bonchev–Trinajstić information content (AvgIpc) is 3.36. The molecule has 0 aliphatic heterocycles. The van der Waals surface area contributed by atoms with Crippen LogP contribution in [0, 0.1) is 13.8 Å². The SMILES string of the molecule is Cc1n[nH]c(C)c1CCn1ccnc1-c1ccc(-n2ccnc2)cc1. The van der Waals surface area contributed by atoms with Crippen LogP contribution in [0.25, 0.3) is 17.1 Å². The summed E-state index contributed by atoms with van der Waals surface area (Å²) in [5.74, 6) is 0.982. The second-order valence-corrected chi connectivity index (χ2v) is 6.12. The van der Waals surface area contributed by atoms with Crippen molar-refractivity contribution >= 4 is 0 Å². The predicted molar refractivity (Wildman–Crippen MR) is 96.6 cm³/mol. The van der Waals surface area contributed by atoms with Crippen LogP contribution >= 0.6 is 0 Å². The zero-order chi connectivity index (χ0) is 17.2. The molecule has 0 fully saturated rings. The molecule has 0 bridgehead atoms. The number of aryl methyl sites for hydroxylation is 3. The molecule has 0 unspecified atom stereocenters. The van der Waals surface area contributed by atoms with Crippen LogP contribution in [0.3, 0.4) is 0 Å². The molecule has 0 amide bonds. The number of aromatic amines is 1. The normalized spacial score (nSPS) is 11.1. The topological polar surface area (TPSA) is 64.3 Å². The standard InChI is InChI=1S/C19H20N6/c1-14-18(15(2)23-22-14)7-10-24-12-9-21-19(24)16-3-5-17(6-4-16)25-11-8-20-13-25/h3-6,8-9,11-13H,7,10H2,1-2H3,(H,22,23). The van der Waals surface area contributed by atoms with E-state index in [1.165, 1.54) is 5.56 Å². The molecule has 6 heteroatoms. The summed E-state index contributed by atoms with van der Waals surface area (Å²) < 4.78 is 4.18. The Morgan fingerprint density at radius 1 is 1.04 bits per heavy atom. The van der Waals surface area contributed by atoms with Gasteiger partial charge in [0.1, 0.15) is 5.82 Å². The minimum Gasteiger partial charge on any atom is -0.331 e. The first-order valence-corrected chi connectivity index (χ1v) is 8.33. The van der Waals surface area contributed by atoms with Crippen LogP contribution in [0.5, 0.6) is 0 Å². The number of hydrogen-bond acceptors (Lipinski definition) is 3. The summed E-state index contributed by atoms with van der Waals surface area (Å²) >= 11 is 0. The minimum atomic E-state index is 0.875. The third-order valence-corrected chi connectivity index (χ3v) is 4.53. The molecule has 0 aliphatic rings. The van der Waals surface area contributed by atoms with Crippen molar-refractivity contribution in [2.24, 2.45) is 0 Å². The molecule has 1 aromatic carbocycles. The smallest absolute Gasteiger partial charge is 0.139 e. The van der Waals surface area contributed by atoms with Gasteiger partial charge in [-0.3, -0.25) is 5.10 Å². The van der Waals surface area contributed by atoms with Gasteiger partial charge >= 0.3 is 0 Å². The van der Waals surface area contributed by atoms with Gasteiger partial charge in [-0.05, 0) is 50.1 Å². The maximum atomic E-state index is 4.54. The van der Waals surface area contributed by atoms with E-state index in [4.69, 9.17) is 0 Å². The van der Waals surface area contributed by atoms with Crippen molar-refractivity contribution in [3.05, 3.63) is 72.3 Å². The lowest BCUT2D eigenvalue weighted by atomic mass is 10.1. The Bertz CT molecular complexity index is 940.